The lowest BCUT2D eigenvalue weighted by molar-refractivity contribution is 0.670. The molecule has 230 valence electrons. The highest BCUT2D eigenvalue weighted by molar-refractivity contribution is 6.23. The first-order valence-electron chi connectivity index (χ1n) is 16.8. The number of benzene rings is 7. The lowest BCUT2D eigenvalue weighted by Gasteiger charge is -2.28. The highest BCUT2D eigenvalue weighted by Gasteiger charge is 2.27. The summed E-state index contributed by atoms with van der Waals surface area (Å²) in [7, 11) is 0. The van der Waals surface area contributed by atoms with Crippen molar-refractivity contribution in [2.24, 2.45) is 4.99 Å². The zero-order valence-corrected chi connectivity index (χ0v) is 26.6. The van der Waals surface area contributed by atoms with Gasteiger partial charge < -0.3 is 9.73 Å². The minimum absolute atomic E-state index is 0.0167. The summed E-state index contributed by atoms with van der Waals surface area (Å²) in [5, 5.41) is 10.7. The van der Waals surface area contributed by atoms with Gasteiger partial charge in [-0.3, -0.25) is 0 Å². The van der Waals surface area contributed by atoms with Crippen molar-refractivity contribution >= 4 is 55.0 Å². The molecule has 0 fully saturated rings. The Morgan fingerprint density at radius 1 is 0.531 bits per heavy atom. The summed E-state index contributed by atoms with van der Waals surface area (Å²) in [6, 6.07) is 51.7. The van der Waals surface area contributed by atoms with E-state index in [-0.39, 0.29) is 6.04 Å². The highest BCUT2D eigenvalue weighted by Crippen LogP contribution is 2.41. The second-order valence-electron chi connectivity index (χ2n) is 12.8. The summed E-state index contributed by atoms with van der Waals surface area (Å²) in [5.74, 6) is 0.839. The van der Waals surface area contributed by atoms with E-state index >= 15 is 0 Å². The van der Waals surface area contributed by atoms with Crippen molar-refractivity contribution in [1.29, 1.82) is 0 Å². The third-order valence-electron chi connectivity index (χ3n) is 9.90. The number of rotatable bonds is 4. The minimum Gasteiger partial charge on any atom is -0.455 e. The van der Waals surface area contributed by atoms with Crippen molar-refractivity contribution < 1.29 is 4.42 Å². The fraction of sp³-hybridized carbons (Fsp3) is 0.0217. The van der Waals surface area contributed by atoms with Crippen LogP contribution in [0.5, 0.6) is 0 Å². The van der Waals surface area contributed by atoms with Crippen LogP contribution < -0.4 is 5.32 Å². The van der Waals surface area contributed by atoms with Crippen molar-refractivity contribution in [1.82, 2.24) is 5.32 Å². The normalized spacial score (nSPS) is 15.6. The molecule has 3 nitrogen and oxygen atoms in total. The lowest BCUT2D eigenvalue weighted by atomic mass is 9.92. The number of nitrogens with one attached hydrogen (secondary N) is 1. The van der Waals surface area contributed by atoms with Crippen molar-refractivity contribution in [3.05, 3.63) is 187 Å². The number of hydrogen-bond donors (Lipinski definition) is 1. The molecule has 2 aliphatic rings. The van der Waals surface area contributed by atoms with E-state index in [1.54, 1.807) is 0 Å². The maximum atomic E-state index is 6.85. The predicted octanol–water partition coefficient (Wildman–Crippen LogP) is 11.5. The topological polar surface area (TPSA) is 37.5 Å². The molecular weight excluding hydrogens is 597 g/mol. The molecule has 8 aromatic rings. The summed E-state index contributed by atoms with van der Waals surface area (Å²) in [6.07, 6.45) is 8.56. The second kappa shape index (κ2) is 11.1. The summed E-state index contributed by atoms with van der Waals surface area (Å²) >= 11 is 0. The van der Waals surface area contributed by atoms with Gasteiger partial charge in [-0.15, -0.1) is 0 Å². The Morgan fingerprint density at radius 2 is 1.22 bits per heavy atom. The zero-order chi connectivity index (χ0) is 32.3. The van der Waals surface area contributed by atoms with E-state index in [2.05, 4.69) is 169 Å². The molecule has 0 spiro atoms. The van der Waals surface area contributed by atoms with Crippen molar-refractivity contribution in [2.45, 2.75) is 6.04 Å². The van der Waals surface area contributed by atoms with Crippen LogP contribution in [-0.4, -0.2) is 11.9 Å². The van der Waals surface area contributed by atoms with Crippen LogP contribution >= 0.6 is 0 Å². The van der Waals surface area contributed by atoms with Gasteiger partial charge in [-0.1, -0.05) is 146 Å². The molecule has 1 aliphatic carbocycles. The Morgan fingerprint density at radius 3 is 2.06 bits per heavy atom. The quantitative estimate of drug-likeness (QED) is 0.211. The molecule has 2 heterocycles. The van der Waals surface area contributed by atoms with Crippen LogP contribution in [0.3, 0.4) is 0 Å². The van der Waals surface area contributed by atoms with E-state index in [1.165, 1.54) is 32.9 Å². The average molecular weight is 627 g/mol. The fourth-order valence-corrected chi connectivity index (χ4v) is 7.51. The van der Waals surface area contributed by atoms with Crippen molar-refractivity contribution in [2.75, 3.05) is 0 Å². The fourth-order valence-electron chi connectivity index (χ4n) is 7.51. The smallest absolute Gasteiger partial charge is 0.143 e. The maximum absolute atomic E-state index is 6.85. The summed E-state index contributed by atoms with van der Waals surface area (Å²) in [5.41, 5.74) is 10.6. The summed E-state index contributed by atoms with van der Waals surface area (Å²) in [4.78, 5) is 5.34. The van der Waals surface area contributed by atoms with Gasteiger partial charge in [-0.05, 0) is 62.5 Å². The van der Waals surface area contributed by atoms with E-state index in [9.17, 15) is 0 Å². The van der Waals surface area contributed by atoms with Crippen LogP contribution in [0.1, 0.15) is 11.1 Å². The Labute approximate surface area is 283 Å². The molecule has 1 N–H and O–H groups in total. The second-order valence-corrected chi connectivity index (χ2v) is 12.8. The van der Waals surface area contributed by atoms with Crippen molar-refractivity contribution in [3.63, 3.8) is 0 Å². The van der Waals surface area contributed by atoms with E-state index in [0.717, 1.165) is 61.1 Å². The first-order valence-corrected chi connectivity index (χ1v) is 16.8. The number of fused-ring (bicyclic) bond motifs is 6. The Kier molecular flexibility index (Phi) is 6.25. The first-order chi connectivity index (χ1) is 24.3. The van der Waals surface area contributed by atoms with Crippen LogP contribution in [0.4, 0.5) is 0 Å². The van der Waals surface area contributed by atoms with Crippen LogP contribution in [0, 0.1) is 0 Å². The SMILES string of the molecule is C1=CC2=C(c3ccccc3)N=C(c3ccc(-c4ccc(-c5cccc6ccccc56)cc4)c4oc5cc6ccccc6cc5c34)NC2C=C1. The third kappa shape index (κ3) is 4.55. The molecule has 1 atom stereocenters. The highest BCUT2D eigenvalue weighted by atomic mass is 16.3. The van der Waals surface area contributed by atoms with Crippen LogP contribution in [0.2, 0.25) is 0 Å². The number of amidine groups is 1. The number of nitrogens with zero attached hydrogens (tertiary/aromatic N) is 1. The molecule has 1 unspecified atom stereocenters. The number of aliphatic imine (C=N–C) groups is 1. The molecule has 49 heavy (non-hydrogen) atoms. The maximum Gasteiger partial charge on any atom is 0.143 e. The molecule has 0 amide bonds. The zero-order valence-electron chi connectivity index (χ0n) is 26.6. The van der Waals surface area contributed by atoms with Gasteiger partial charge in [0.15, 0.2) is 0 Å². The molecule has 3 heteroatoms. The van der Waals surface area contributed by atoms with E-state index in [4.69, 9.17) is 9.41 Å². The molecule has 1 aliphatic heterocycles. The molecule has 0 bridgehead atoms. The Bertz CT molecular complexity index is 2720. The summed E-state index contributed by atoms with van der Waals surface area (Å²) < 4.78 is 6.85. The lowest BCUT2D eigenvalue weighted by Crippen LogP contribution is -2.39. The average Bonchev–Trinajstić information content (AvgIpc) is 3.54. The van der Waals surface area contributed by atoms with Gasteiger partial charge in [-0.2, -0.15) is 0 Å². The molecule has 1 aromatic heterocycles. The van der Waals surface area contributed by atoms with Gasteiger partial charge in [0, 0.05) is 33.0 Å². The minimum atomic E-state index is 0.0167. The Hall–Kier alpha value is -6.45. The van der Waals surface area contributed by atoms with Gasteiger partial charge in [0.2, 0.25) is 0 Å². The van der Waals surface area contributed by atoms with E-state index in [1.807, 2.05) is 6.07 Å². The largest absolute Gasteiger partial charge is 0.455 e. The van der Waals surface area contributed by atoms with Gasteiger partial charge in [0.1, 0.15) is 17.0 Å². The monoisotopic (exact) mass is 626 g/mol. The van der Waals surface area contributed by atoms with Crippen LogP contribution in [-0.2, 0) is 0 Å². The van der Waals surface area contributed by atoms with Gasteiger partial charge in [0.25, 0.3) is 0 Å². The third-order valence-corrected chi connectivity index (χ3v) is 9.90. The summed E-state index contributed by atoms with van der Waals surface area (Å²) in [6.45, 7) is 0. The van der Waals surface area contributed by atoms with E-state index < -0.39 is 0 Å². The number of furan rings is 1. The first kappa shape index (κ1) is 27.6. The van der Waals surface area contributed by atoms with Gasteiger partial charge in [-0.25, -0.2) is 4.99 Å². The van der Waals surface area contributed by atoms with Gasteiger partial charge >= 0.3 is 0 Å². The van der Waals surface area contributed by atoms with Crippen LogP contribution in [0.25, 0.3) is 71.4 Å². The van der Waals surface area contributed by atoms with E-state index in [0.29, 0.717) is 0 Å². The molecule has 7 aromatic carbocycles. The predicted molar refractivity (Wildman–Crippen MR) is 205 cm³/mol. The molecule has 0 saturated carbocycles. The number of allylic oxidation sites excluding steroid dienone is 2. The molecule has 10 rings (SSSR count). The molecular formula is C46H30N2O. The standard InChI is InChI=1S/C46H30N2O/c1-2-12-32(13-3-1)44-38-18-8-9-20-41(38)47-46(48-44)39-26-25-37(45-43(39)40-27-33-14-4-5-15-34(33)28-42(40)49-45)31-23-21-30(22-24-31)36-19-10-16-29-11-6-7-17-35(29)36/h1-28,41H,(H,47,48). The van der Waals surface area contributed by atoms with Gasteiger partial charge in [0.05, 0.1) is 11.7 Å². The molecule has 0 radical (unpaired) electrons. The van der Waals surface area contributed by atoms with Crippen LogP contribution in [0.15, 0.2) is 185 Å². The molecule has 0 saturated heterocycles. The Balaban J connectivity index is 1.18. The van der Waals surface area contributed by atoms with Crippen molar-refractivity contribution in [3.8, 4) is 22.3 Å². The number of hydrogen-bond acceptors (Lipinski definition) is 3.